The van der Waals surface area contributed by atoms with Crippen LogP contribution in [0, 0.1) is 11.8 Å². The van der Waals surface area contributed by atoms with Crippen LogP contribution in [0.4, 0.5) is 0 Å². The molecule has 0 fully saturated rings. The summed E-state index contributed by atoms with van der Waals surface area (Å²) in [5.41, 5.74) is 0. The third-order valence-electron chi connectivity index (χ3n) is 0.273. The second-order valence-corrected chi connectivity index (χ2v) is 0.691. The standard InChI is InChI=1S/C3H2O/c4-3-1-2-3/h3-4H. The van der Waals surface area contributed by atoms with Gasteiger partial charge >= 0.3 is 0 Å². The highest BCUT2D eigenvalue weighted by atomic mass is 16.3. The van der Waals surface area contributed by atoms with Crippen molar-refractivity contribution in [2.45, 2.75) is 6.10 Å². The highest BCUT2D eigenvalue weighted by Crippen LogP contribution is 1.84. The van der Waals surface area contributed by atoms with Gasteiger partial charge in [-0.05, 0) is 0 Å². The predicted molar refractivity (Wildman–Crippen MR) is 13.8 cm³/mol. The van der Waals surface area contributed by atoms with Crippen molar-refractivity contribution in [3.63, 3.8) is 0 Å². The molecule has 0 radical (unpaired) electrons. The Morgan fingerprint density at radius 1 is 1.50 bits per heavy atom. The molecule has 0 atom stereocenters. The van der Waals surface area contributed by atoms with Gasteiger partial charge in [-0.15, -0.1) is 0 Å². The summed E-state index contributed by atoms with van der Waals surface area (Å²) in [6.07, 6.45) is -0.417. The molecule has 1 heteroatoms. The van der Waals surface area contributed by atoms with Crippen LogP contribution in [-0.2, 0) is 0 Å². The Morgan fingerprint density at radius 2 is 1.75 bits per heavy atom. The number of rotatable bonds is 0. The highest BCUT2D eigenvalue weighted by molar-refractivity contribution is 5.31. The molecule has 0 aromatic heterocycles. The largest absolute Gasteiger partial charge is 0.369 e. The van der Waals surface area contributed by atoms with Gasteiger partial charge in [0.15, 0.2) is 6.10 Å². The molecule has 1 rings (SSSR count). The Labute approximate surface area is 24.3 Å². The molecule has 0 saturated heterocycles. The predicted octanol–water partition coefficient (Wildman–Crippen LogP) is -0.636. The van der Waals surface area contributed by atoms with Crippen LogP contribution >= 0.6 is 0 Å². The Hall–Kier alpha value is -0.480. The maximum absolute atomic E-state index is 7.94. The van der Waals surface area contributed by atoms with Crippen LogP contribution in [0.15, 0.2) is 0 Å². The highest BCUT2D eigenvalue weighted by Gasteiger charge is 1.98. The van der Waals surface area contributed by atoms with Gasteiger partial charge in [-0.2, -0.15) is 0 Å². The molecule has 0 spiro atoms. The van der Waals surface area contributed by atoms with E-state index >= 15 is 0 Å². The van der Waals surface area contributed by atoms with E-state index in [1.54, 1.807) is 0 Å². The first-order chi connectivity index (χ1) is 1.89. The molecule has 20 valence electrons. The Kier molecular flexibility index (Phi) is 0.129. The van der Waals surface area contributed by atoms with Crippen molar-refractivity contribution < 1.29 is 5.11 Å². The number of hydrogen-bond donors (Lipinski definition) is 1. The van der Waals surface area contributed by atoms with Gasteiger partial charge in [0.05, 0.1) is 0 Å². The zero-order chi connectivity index (χ0) is 2.99. The summed E-state index contributed by atoms with van der Waals surface area (Å²) in [6, 6.07) is 0. The summed E-state index contributed by atoms with van der Waals surface area (Å²) in [7, 11) is 0. The van der Waals surface area contributed by atoms with Gasteiger partial charge < -0.3 is 5.11 Å². The molecule has 1 nitrogen and oxygen atoms in total. The van der Waals surface area contributed by atoms with Crippen LogP contribution in [0.5, 0.6) is 0 Å². The maximum atomic E-state index is 7.94. The molecule has 0 aromatic carbocycles. The fraction of sp³-hybridized carbons (Fsp3) is 0.333. The molecule has 0 amide bonds. The Bertz CT molecular complexity index is 67.0. The number of hydrogen-bond acceptors (Lipinski definition) is 1. The van der Waals surface area contributed by atoms with E-state index < -0.39 is 6.10 Å². The summed E-state index contributed by atoms with van der Waals surface area (Å²) >= 11 is 0. The molecular weight excluding hydrogens is 52.0 g/mol. The lowest BCUT2D eigenvalue weighted by atomic mass is 10.7. The van der Waals surface area contributed by atoms with E-state index in [4.69, 9.17) is 5.11 Å². The monoisotopic (exact) mass is 54.0 g/mol. The second kappa shape index (κ2) is 0.285. The van der Waals surface area contributed by atoms with Crippen molar-refractivity contribution in [1.82, 2.24) is 0 Å². The van der Waals surface area contributed by atoms with Crippen LogP contribution in [0.1, 0.15) is 0 Å². The quantitative estimate of drug-likeness (QED) is 0.365. The minimum Gasteiger partial charge on any atom is -0.369 e. The Morgan fingerprint density at radius 3 is 1.75 bits per heavy atom. The SMILES string of the molecule is OC1C#C1. The van der Waals surface area contributed by atoms with Crippen LogP contribution in [-0.4, -0.2) is 11.2 Å². The van der Waals surface area contributed by atoms with Crippen LogP contribution in [0.2, 0.25) is 0 Å². The van der Waals surface area contributed by atoms with Gasteiger partial charge in [-0.1, -0.05) is 11.8 Å². The molecule has 0 saturated carbocycles. The summed E-state index contributed by atoms with van der Waals surface area (Å²) in [4.78, 5) is 0. The van der Waals surface area contributed by atoms with Gasteiger partial charge in [0.1, 0.15) is 0 Å². The lowest BCUT2D eigenvalue weighted by Crippen LogP contribution is -1.75. The molecule has 0 aliphatic heterocycles. The zero-order valence-electron chi connectivity index (χ0n) is 2.02. The van der Waals surface area contributed by atoms with Gasteiger partial charge in [-0.3, -0.25) is 0 Å². The van der Waals surface area contributed by atoms with E-state index in [0.29, 0.717) is 0 Å². The topological polar surface area (TPSA) is 20.2 Å². The second-order valence-electron chi connectivity index (χ2n) is 0.691. The van der Waals surface area contributed by atoms with E-state index in [-0.39, 0.29) is 0 Å². The first-order valence-electron chi connectivity index (χ1n) is 1.09. The number of aliphatic hydroxyl groups is 1. The molecule has 1 aliphatic rings. The molecule has 0 unspecified atom stereocenters. The van der Waals surface area contributed by atoms with Crippen molar-refractivity contribution in [3.8, 4) is 11.8 Å². The lowest BCUT2D eigenvalue weighted by molar-refractivity contribution is 0.309. The van der Waals surface area contributed by atoms with Crippen molar-refractivity contribution in [2.75, 3.05) is 0 Å². The fourth-order valence-electron chi connectivity index (χ4n) is 0.0373. The van der Waals surface area contributed by atoms with E-state index in [1.807, 2.05) is 0 Å². The van der Waals surface area contributed by atoms with Crippen LogP contribution < -0.4 is 0 Å². The van der Waals surface area contributed by atoms with Crippen molar-refractivity contribution in [3.05, 3.63) is 0 Å². The van der Waals surface area contributed by atoms with E-state index in [9.17, 15) is 0 Å². The Balaban J connectivity index is 2.38. The molecule has 0 aromatic rings. The maximum Gasteiger partial charge on any atom is 0.176 e. The van der Waals surface area contributed by atoms with E-state index in [2.05, 4.69) is 11.8 Å². The van der Waals surface area contributed by atoms with Crippen molar-refractivity contribution in [2.24, 2.45) is 0 Å². The minimum atomic E-state index is -0.417. The third-order valence-corrected chi connectivity index (χ3v) is 0.273. The van der Waals surface area contributed by atoms with Crippen molar-refractivity contribution in [1.29, 1.82) is 0 Å². The summed E-state index contributed by atoms with van der Waals surface area (Å²) in [6.45, 7) is 0. The first-order valence-corrected chi connectivity index (χ1v) is 1.09. The summed E-state index contributed by atoms with van der Waals surface area (Å²) in [5, 5.41) is 7.94. The molecule has 1 aliphatic carbocycles. The fourth-order valence-corrected chi connectivity index (χ4v) is 0.0373. The molecule has 1 N–H and O–H groups in total. The molecule has 4 heavy (non-hydrogen) atoms. The average Bonchev–Trinajstić information content (AvgIpc) is 1.75. The van der Waals surface area contributed by atoms with Gasteiger partial charge in [-0.25, -0.2) is 0 Å². The third kappa shape index (κ3) is 0.0647. The van der Waals surface area contributed by atoms with E-state index in [0.717, 1.165) is 0 Å². The average molecular weight is 54.0 g/mol. The molecular formula is C3H2O. The van der Waals surface area contributed by atoms with Gasteiger partial charge in [0.2, 0.25) is 0 Å². The van der Waals surface area contributed by atoms with Gasteiger partial charge in [0.25, 0.3) is 0 Å². The summed E-state index contributed by atoms with van der Waals surface area (Å²) in [5.74, 6) is 4.81. The zero-order valence-corrected chi connectivity index (χ0v) is 2.02. The smallest absolute Gasteiger partial charge is 0.176 e. The summed E-state index contributed by atoms with van der Waals surface area (Å²) < 4.78 is 0. The molecule has 0 bridgehead atoms. The van der Waals surface area contributed by atoms with Crippen LogP contribution in [0.25, 0.3) is 0 Å². The molecule has 0 heterocycles. The van der Waals surface area contributed by atoms with Gasteiger partial charge in [0, 0.05) is 0 Å². The normalized spacial score (nSPS) is 18.2. The van der Waals surface area contributed by atoms with Crippen molar-refractivity contribution >= 4 is 0 Å². The minimum absolute atomic E-state index is 0.417. The first kappa shape index (κ1) is 1.80. The lowest BCUT2D eigenvalue weighted by Gasteiger charge is -1.59. The van der Waals surface area contributed by atoms with E-state index in [1.165, 1.54) is 0 Å². The van der Waals surface area contributed by atoms with Crippen LogP contribution in [0.3, 0.4) is 0 Å². The number of aliphatic hydroxyl groups excluding tert-OH is 1.